The normalized spacial score (nSPS) is 12.6. The maximum Gasteiger partial charge on any atom is 0.161 e. The first-order valence-electron chi connectivity index (χ1n) is 21.6. The van der Waals surface area contributed by atoms with E-state index in [0.717, 1.165) is 38.9 Å². The molecule has 63 heavy (non-hydrogen) atoms. The lowest BCUT2D eigenvalue weighted by Crippen LogP contribution is -2.28. The number of rotatable bonds is 7. The topological polar surface area (TPSA) is 25.8 Å². The van der Waals surface area contributed by atoms with Crippen LogP contribution in [0.15, 0.2) is 243 Å². The molecule has 0 amide bonds. The highest BCUT2D eigenvalue weighted by Gasteiger charge is 2.46. The maximum atomic E-state index is 5.39. The van der Waals surface area contributed by atoms with Crippen molar-refractivity contribution in [3.8, 4) is 67.3 Å². The fraction of sp³-hybridized carbons (Fsp3) is 0.0164. The molecule has 0 spiro atoms. The van der Waals surface area contributed by atoms with Crippen LogP contribution in [-0.4, -0.2) is 9.97 Å². The average molecular weight is 801 g/mol. The molecule has 0 unspecified atom stereocenters. The third-order valence-corrected chi connectivity index (χ3v) is 13.0. The monoisotopic (exact) mass is 800 g/mol. The Balaban J connectivity index is 1.06. The van der Waals surface area contributed by atoms with Crippen LogP contribution in [0.5, 0.6) is 0 Å². The lowest BCUT2D eigenvalue weighted by molar-refractivity contribution is 0.768. The zero-order chi connectivity index (χ0) is 41.7. The summed E-state index contributed by atoms with van der Waals surface area (Å²) in [6.45, 7) is 0. The van der Waals surface area contributed by atoms with Crippen LogP contribution in [0.2, 0.25) is 0 Å². The standard InChI is InChI=1S/C61H40N2/c1-4-17-41(18-5-1)43-31-34-44(35-32-43)57-40-58(46-36-33-42-19-10-11-20-45(42)39-46)63-60(62-57)53-38-37-51(49-25-12-13-26-50(49)53)52-28-16-30-56-59(52)54-27-14-15-29-55(54)61(56,47-21-6-2-7-22-47)48-23-8-3-9-24-48/h1-40H. The van der Waals surface area contributed by atoms with Gasteiger partial charge in [0.25, 0.3) is 0 Å². The molecule has 1 heterocycles. The van der Waals surface area contributed by atoms with Gasteiger partial charge in [0, 0.05) is 16.7 Å². The zero-order valence-electron chi connectivity index (χ0n) is 34.5. The highest BCUT2D eigenvalue weighted by Crippen LogP contribution is 2.58. The van der Waals surface area contributed by atoms with E-state index in [0.29, 0.717) is 5.82 Å². The summed E-state index contributed by atoms with van der Waals surface area (Å²) < 4.78 is 0. The van der Waals surface area contributed by atoms with Crippen molar-refractivity contribution < 1.29 is 0 Å². The second kappa shape index (κ2) is 15.1. The summed E-state index contributed by atoms with van der Waals surface area (Å²) in [5.41, 5.74) is 16.8. The van der Waals surface area contributed by atoms with E-state index >= 15 is 0 Å². The highest BCUT2D eigenvalue weighted by atomic mass is 14.9. The Morgan fingerprint density at radius 2 is 0.794 bits per heavy atom. The minimum absolute atomic E-state index is 0.479. The van der Waals surface area contributed by atoms with Gasteiger partial charge in [-0.05, 0) is 95.4 Å². The van der Waals surface area contributed by atoms with E-state index in [1.807, 2.05) is 0 Å². The summed E-state index contributed by atoms with van der Waals surface area (Å²) in [5, 5.41) is 4.65. The minimum atomic E-state index is -0.479. The molecule has 0 bridgehead atoms. The van der Waals surface area contributed by atoms with Crippen molar-refractivity contribution in [2.45, 2.75) is 5.41 Å². The summed E-state index contributed by atoms with van der Waals surface area (Å²) in [4.78, 5) is 10.8. The Morgan fingerprint density at radius 1 is 0.286 bits per heavy atom. The van der Waals surface area contributed by atoms with Gasteiger partial charge in [-0.1, -0.05) is 224 Å². The van der Waals surface area contributed by atoms with Crippen molar-refractivity contribution in [2.24, 2.45) is 0 Å². The number of nitrogens with zero attached hydrogens (tertiary/aromatic N) is 2. The first kappa shape index (κ1) is 36.6. The molecule has 2 heteroatoms. The first-order valence-corrected chi connectivity index (χ1v) is 21.6. The van der Waals surface area contributed by atoms with E-state index in [1.165, 1.54) is 66.4 Å². The van der Waals surface area contributed by atoms with Crippen molar-refractivity contribution in [1.82, 2.24) is 9.97 Å². The van der Waals surface area contributed by atoms with Crippen molar-refractivity contribution in [3.63, 3.8) is 0 Å². The van der Waals surface area contributed by atoms with Gasteiger partial charge in [0.2, 0.25) is 0 Å². The zero-order valence-corrected chi connectivity index (χ0v) is 34.5. The summed E-state index contributed by atoms with van der Waals surface area (Å²) in [6.07, 6.45) is 0. The quantitative estimate of drug-likeness (QED) is 0.160. The van der Waals surface area contributed by atoms with Gasteiger partial charge < -0.3 is 0 Å². The van der Waals surface area contributed by atoms with Crippen molar-refractivity contribution >= 4 is 21.5 Å². The largest absolute Gasteiger partial charge is 0.228 e. The van der Waals surface area contributed by atoms with Gasteiger partial charge in [-0.2, -0.15) is 0 Å². The molecule has 1 aliphatic rings. The fourth-order valence-corrected chi connectivity index (χ4v) is 10.1. The van der Waals surface area contributed by atoms with E-state index in [4.69, 9.17) is 9.97 Å². The minimum Gasteiger partial charge on any atom is -0.228 e. The Morgan fingerprint density at radius 3 is 1.52 bits per heavy atom. The van der Waals surface area contributed by atoms with Crippen molar-refractivity contribution in [2.75, 3.05) is 0 Å². The Labute approximate surface area is 367 Å². The van der Waals surface area contributed by atoms with E-state index < -0.39 is 5.41 Å². The van der Waals surface area contributed by atoms with Gasteiger partial charge >= 0.3 is 0 Å². The van der Waals surface area contributed by atoms with Crippen LogP contribution in [-0.2, 0) is 5.41 Å². The molecule has 0 aliphatic heterocycles. The number of aromatic nitrogens is 2. The molecule has 10 aromatic carbocycles. The van der Waals surface area contributed by atoms with Gasteiger partial charge in [0.15, 0.2) is 5.82 Å². The molecule has 0 saturated carbocycles. The summed E-state index contributed by atoms with van der Waals surface area (Å²) in [7, 11) is 0. The third-order valence-electron chi connectivity index (χ3n) is 13.0. The summed E-state index contributed by atoms with van der Waals surface area (Å²) in [5.74, 6) is 0.696. The average Bonchev–Trinajstić information content (AvgIpc) is 3.68. The molecule has 12 rings (SSSR count). The lowest BCUT2D eigenvalue weighted by atomic mass is 9.67. The van der Waals surface area contributed by atoms with Gasteiger partial charge in [-0.15, -0.1) is 0 Å². The molecule has 1 aliphatic carbocycles. The predicted octanol–water partition coefficient (Wildman–Crippen LogP) is 15.5. The van der Waals surface area contributed by atoms with Gasteiger partial charge in [0.05, 0.1) is 16.8 Å². The third kappa shape index (κ3) is 6.02. The van der Waals surface area contributed by atoms with Crippen LogP contribution in [0.4, 0.5) is 0 Å². The smallest absolute Gasteiger partial charge is 0.161 e. The summed E-state index contributed by atoms with van der Waals surface area (Å²) in [6, 6.07) is 87.7. The Bertz CT molecular complexity index is 3440. The molecular formula is C61H40N2. The molecule has 1 aromatic heterocycles. The van der Waals surface area contributed by atoms with Gasteiger partial charge in [-0.3, -0.25) is 0 Å². The number of benzene rings is 10. The number of hydrogen-bond acceptors (Lipinski definition) is 2. The van der Waals surface area contributed by atoms with Gasteiger partial charge in [0.1, 0.15) is 0 Å². The SMILES string of the molecule is c1ccc(-c2ccc(-c3cc(-c4ccc5ccccc5c4)nc(-c4ccc(-c5cccc6c5-c5ccccc5C6(c5ccccc5)c5ccccc5)c5ccccc45)n3)cc2)cc1. The molecule has 0 radical (unpaired) electrons. The van der Waals surface area contributed by atoms with Crippen LogP contribution < -0.4 is 0 Å². The molecule has 2 nitrogen and oxygen atoms in total. The second-order valence-electron chi connectivity index (χ2n) is 16.4. The van der Waals surface area contributed by atoms with E-state index in [1.54, 1.807) is 0 Å². The van der Waals surface area contributed by atoms with E-state index in [2.05, 4.69) is 243 Å². The van der Waals surface area contributed by atoms with Crippen molar-refractivity contribution in [3.05, 3.63) is 265 Å². The fourth-order valence-electron chi connectivity index (χ4n) is 10.1. The molecule has 0 N–H and O–H groups in total. The summed E-state index contributed by atoms with van der Waals surface area (Å²) >= 11 is 0. The predicted molar refractivity (Wildman–Crippen MR) is 262 cm³/mol. The van der Waals surface area contributed by atoms with Crippen LogP contribution in [0.25, 0.3) is 88.8 Å². The molecule has 11 aromatic rings. The van der Waals surface area contributed by atoms with Crippen LogP contribution in [0, 0.1) is 0 Å². The number of fused-ring (bicyclic) bond motifs is 5. The highest BCUT2D eigenvalue weighted by molar-refractivity contribution is 6.08. The second-order valence-corrected chi connectivity index (χ2v) is 16.4. The molecule has 0 saturated heterocycles. The molecular weight excluding hydrogens is 761 g/mol. The first-order chi connectivity index (χ1) is 31.2. The lowest BCUT2D eigenvalue weighted by Gasteiger charge is -2.34. The Kier molecular flexibility index (Phi) is 8.76. The molecule has 0 atom stereocenters. The van der Waals surface area contributed by atoms with E-state index in [9.17, 15) is 0 Å². The van der Waals surface area contributed by atoms with Crippen LogP contribution in [0.1, 0.15) is 22.3 Å². The molecule has 294 valence electrons. The van der Waals surface area contributed by atoms with Crippen LogP contribution in [0.3, 0.4) is 0 Å². The number of hydrogen-bond donors (Lipinski definition) is 0. The Hall–Kier alpha value is -8.20. The van der Waals surface area contributed by atoms with E-state index in [-0.39, 0.29) is 0 Å². The van der Waals surface area contributed by atoms with Crippen LogP contribution >= 0.6 is 0 Å². The van der Waals surface area contributed by atoms with Gasteiger partial charge in [-0.25, -0.2) is 9.97 Å². The maximum absolute atomic E-state index is 5.39. The molecule has 0 fully saturated rings. The van der Waals surface area contributed by atoms with Crippen molar-refractivity contribution in [1.29, 1.82) is 0 Å².